The van der Waals surface area contributed by atoms with Gasteiger partial charge in [-0.3, -0.25) is 5.43 Å². The predicted molar refractivity (Wildman–Crippen MR) is 64.5 cm³/mol. The summed E-state index contributed by atoms with van der Waals surface area (Å²) in [6.45, 7) is 1.85. The summed E-state index contributed by atoms with van der Waals surface area (Å²) in [5.41, 5.74) is 5.10. The van der Waals surface area contributed by atoms with Gasteiger partial charge in [-0.15, -0.1) is 0 Å². The van der Waals surface area contributed by atoms with E-state index >= 15 is 0 Å². The minimum absolute atomic E-state index is 0.191. The van der Waals surface area contributed by atoms with Crippen LogP contribution >= 0.6 is 0 Å². The second-order valence-corrected chi connectivity index (χ2v) is 3.50. The molecule has 6 nitrogen and oxygen atoms in total. The van der Waals surface area contributed by atoms with Crippen molar-refractivity contribution in [1.82, 2.24) is 10.9 Å². The molecule has 0 saturated carbocycles. The molecule has 1 atom stereocenters. The molecule has 1 rings (SSSR count). The van der Waals surface area contributed by atoms with E-state index in [1.807, 2.05) is 0 Å². The van der Waals surface area contributed by atoms with Gasteiger partial charge in [-0.1, -0.05) is 12.1 Å². The minimum atomic E-state index is -0.945. The Hall–Kier alpha value is -2.15. The molecule has 0 heterocycles. The molecule has 0 saturated heterocycles. The second kappa shape index (κ2) is 7.32. The first-order valence-corrected chi connectivity index (χ1v) is 5.60. The van der Waals surface area contributed by atoms with E-state index < -0.39 is 23.9 Å². The maximum atomic E-state index is 12.8. The smallest absolute Gasteiger partial charge is 0.421 e. The minimum Gasteiger partial charge on any atom is -0.465 e. The van der Waals surface area contributed by atoms with Gasteiger partial charge >= 0.3 is 12.1 Å². The summed E-state index contributed by atoms with van der Waals surface area (Å²) in [7, 11) is 1.19. The molecular formula is C12H15FN2O4. The van der Waals surface area contributed by atoms with Crippen molar-refractivity contribution in [1.29, 1.82) is 0 Å². The first-order chi connectivity index (χ1) is 9.08. The molecule has 0 aliphatic carbocycles. The highest BCUT2D eigenvalue weighted by molar-refractivity contribution is 5.78. The van der Waals surface area contributed by atoms with E-state index in [1.54, 1.807) is 6.92 Å². The summed E-state index contributed by atoms with van der Waals surface area (Å²) in [6.07, 6.45) is -0.753. The number of benzene rings is 1. The van der Waals surface area contributed by atoms with Crippen molar-refractivity contribution in [2.24, 2.45) is 0 Å². The molecule has 0 radical (unpaired) electrons. The van der Waals surface area contributed by atoms with Crippen LogP contribution in [0.25, 0.3) is 0 Å². The number of hydrazine groups is 1. The fourth-order valence-corrected chi connectivity index (χ4v) is 1.34. The average molecular weight is 270 g/mol. The van der Waals surface area contributed by atoms with Crippen molar-refractivity contribution in [2.75, 3.05) is 13.7 Å². The zero-order valence-electron chi connectivity index (χ0n) is 10.6. The average Bonchev–Trinajstić information content (AvgIpc) is 2.41. The van der Waals surface area contributed by atoms with Gasteiger partial charge in [-0.25, -0.2) is 19.4 Å². The number of carbonyl (C=O) groups is 2. The number of esters is 1. The van der Waals surface area contributed by atoms with Crippen LogP contribution in [0.2, 0.25) is 0 Å². The van der Waals surface area contributed by atoms with E-state index in [4.69, 9.17) is 4.74 Å². The Balaban J connectivity index is 2.82. The van der Waals surface area contributed by atoms with Gasteiger partial charge in [0.2, 0.25) is 0 Å². The molecule has 0 bridgehead atoms. The molecule has 1 aromatic rings. The third kappa shape index (κ3) is 4.55. The van der Waals surface area contributed by atoms with Gasteiger partial charge in [-0.05, 0) is 24.6 Å². The standard InChI is InChI=1S/C12H15FN2O4/c1-3-19-11(16)10(14-15-12(17)18-2)8-4-6-9(13)7-5-8/h4-7,10,14H,3H2,1-2H3,(H,15,17). The quantitative estimate of drug-likeness (QED) is 0.623. The molecule has 0 aliphatic rings. The molecule has 2 N–H and O–H groups in total. The number of carbonyl (C=O) groups excluding carboxylic acids is 2. The summed E-state index contributed by atoms with van der Waals surface area (Å²) in [4.78, 5) is 22.7. The van der Waals surface area contributed by atoms with Gasteiger partial charge < -0.3 is 9.47 Å². The van der Waals surface area contributed by atoms with Crippen molar-refractivity contribution in [3.8, 4) is 0 Å². The molecule has 0 fully saturated rings. The van der Waals surface area contributed by atoms with E-state index in [1.165, 1.54) is 31.4 Å². The van der Waals surface area contributed by atoms with Crippen molar-refractivity contribution in [2.45, 2.75) is 13.0 Å². The van der Waals surface area contributed by atoms with Crippen LogP contribution in [0.4, 0.5) is 9.18 Å². The molecule has 0 aromatic heterocycles. The third-order valence-electron chi connectivity index (χ3n) is 2.23. The maximum Gasteiger partial charge on any atom is 0.421 e. The Bertz CT molecular complexity index is 436. The first kappa shape index (κ1) is 14.9. The molecule has 1 aromatic carbocycles. The molecule has 0 spiro atoms. The van der Waals surface area contributed by atoms with Crippen molar-refractivity contribution in [3.63, 3.8) is 0 Å². The predicted octanol–water partition coefficient (Wildman–Crippen LogP) is 1.29. The summed E-state index contributed by atoms with van der Waals surface area (Å²) in [6, 6.07) is 4.31. The SMILES string of the molecule is CCOC(=O)C(NNC(=O)OC)c1ccc(F)cc1. The monoisotopic (exact) mass is 270 g/mol. The van der Waals surface area contributed by atoms with E-state index in [-0.39, 0.29) is 6.61 Å². The van der Waals surface area contributed by atoms with Gasteiger partial charge in [0, 0.05) is 0 Å². The van der Waals surface area contributed by atoms with Crippen LogP contribution in [0.5, 0.6) is 0 Å². The highest BCUT2D eigenvalue weighted by atomic mass is 19.1. The Morgan fingerprint density at radius 3 is 2.47 bits per heavy atom. The van der Waals surface area contributed by atoms with Crippen molar-refractivity contribution >= 4 is 12.1 Å². The van der Waals surface area contributed by atoms with Crippen LogP contribution < -0.4 is 10.9 Å². The summed E-state index contributed by atoms with van der Waals surface area (Å²) >= 11 is 0. The summed E-state index contributed by atoms with van der Waals surface area (Å²) in [5.74, 6) is -1.02. The van der Waals surface area contributed by atoms with Crippen LogP contribution in [0, 0.1) is 5.82 Å². The molecule has 7 heteroatoms. The highest BCUT2D eigenvalue weighted by Gasteiger charge is 2.22. The van der Waals surface area contributed by atoms with Gasteiger partial charge in [0.05, 0.1) is 13.7 Å². The third-order valence-corrected chi connectivity index (χ3v) is 2.23. The lowest BCUT2D eigenvalue weighted by atomic mass is 10.1. The number of amides is 1. The van der Waals surface area contributed by atoms with Crippen LogP contribution in [0.3, 0.4) is 0 Å². The lowest BCUT2D eigenvalue weighted by Gasteiger charge is -2.17. The zero-order valence-corrected chi connectivity index (χ0v) is 10.6. The second-order valence-electron chi connectivity index (χ2n) is 3.50. The topological polar surface area (TPSA) is 76.7 Å². The van der Waals surface area contributed by atoms with E-state index in [2.05, 4.69) is 15.6 Å². The first-order valence-electron chi connectivity index (χ1n) is 5.60. The molecule has 1 amide bonds. The van der Waals surface area contributed by atoms with Crippen LogP contribution in [0.1, 0.15) is 18.5 Å². The lowest BCUT2D eigenvalue weighted by molar-refractivity contribution is -0.146. The molecule has 104 valence electrons. The summed E-state index contributed by atoms with van der Waals surface area (Å²) in [5, 5.41) is 0. The zero-order chi connectivity index (χ0) is 14.3. The fraction of sp³-hybridized carbons (Fsp3) is 0.333. The van der Waals surface area contributed by atoms with Gasteiger partial charge in [0.15, 0.2) is 0 Å². The fourth-order valence-electron chi connectivity index (χ4n) is 1.34. The van der Waals surface area contributed by atoms with Crippen LogP contribution in [0.15, 0.2) is 24.3 Å². The van der Waals surface area contributed by atoms with Crippen molar-refractivity contribution < 1.29 is 23.5 Å². The van der Waals surface area contributed by atoms with Crippen molar-refractivity contribution in [3.05, 3.63) is 35.6 Å². The number of methoxy groups -OCH3 is 1. The van der Waals surface area contributed by atoms with Gasteiger partial charge in [-0.2, -0.15) is 0 Å². The number of rotatable bonds is 5. The molecule has 19 heavy (non-hydrogen) atoms. The Kier molecular flexibility index (Phi) is 5.74. The number of nitrogens with one attached hydrogen (secondary N) is 2. The largest absolute Gasteiger partial charge is 0.465 e. The molecule has 0 aliphatic heterocycles. The highest BCUT2D eigenvalue weighted by Crippen LogP contribution is 2.14. The van der Waals surface area contributed by atoms with E-state index in [0.29, 0.717) is 5.56 Å². The Morgan fingerprint density at radius 2 is 1.95 bits per heavy atom. The van der Waals surface area contributed by atoms with E-state index in [9.17, 15) is 14.0 Å². The normalized spacial score (nSPS) is 11.5. The number of hydrogen-bond donors (Lipinski definition) is 2. The van der Waals surface area contributed by atoms with Gasteiger partial charge in [0.25, 0.3) is 0 Å². The van der Waals surface area contributed by atoms with Crippen LogP contribution in [-0.4, -0.2) is 25.8 Å². The molecule has 1 unspecified atom stereocenters. The van der Waals surface area contributed by atoms with Crippen LogP contribution in [-0.2, 0) is 14.3 Å². The maximum absolute atomic E-state index is 12.8. The Morgan fingerprint density at radius 1 is 1.32 bits per heavy atom. The Labute approximate surface area is 109 Å². The lowest BCUT2D eigenvalue weighted by Crippen LogP contribution is -2.43. The number of hydrogen-bond acceptors (Lipinski definition) is 5. The molecular weight excluding hydrogens is 255 g/mol. The number of ether oxygens (including phenoxy) is 2. The van der Waals surface area contributed by atoms with Gasteiger partial charge in [0.1, 0.15) is 11.9 Å². The van der Waals surface area contributed by atoms with E-state index in [0.717, 1.165) is 0 Å². The number of halogens is 1. The summed E-state index contributed by atoms with van der Waals surface area (Å²) < 4.78 is 22.1.